The number of carbonyl (C=O) groups is 1. The molecule has 0 saturated carbocycles. The maximum absolute atomic E-state index is 12.2. The molecule has 1 amide bonds. The second kappa shape index (κ2) is 7.53. The first kappa shape index (κ1) is 17.1. The molecule has 0 aliphatic rings. The minimum atomic E-state index is -0.138. The van der Waals surface area contributed by atoms with Crippen LogP contribution >= 0.6 is 38.6 Å². The number of nitrogens with one attached hydrogen (secondary N) is 1. The molecule has 0 atom stereocenters. The van der Waals surface area contributed by atoms with Crippen LogP contribution in [0.3, 0.4) is 0 Å². The summed E-state index contributed by atoms with van der Waals surface area (Å²) in [5.74, 6) is -0.138. The summed E-state index contributed by atoms with van der Waals surface area (Å²) < 4.78 is 0.931. The molecule has 26 heavy (non-hydrogen) atoms. The predicted octanol–water partition coefficient (Wildman–Crippen LogP) is 6.55. The lowest BCUT2D eigenvalue weighted by atomic mass is 10.0. The van der Waals surface area contributed by atoms with E-state index in [0.717, 1.165) is 15.0 Å². The van der Waals surface area contributed by atoms with E-state index in [1.54, 1.807) is 6.07 Å². The molecule has 6 heteroatoms. The normalized spacial score (nSPS) is 10.7. The molecule has 0 unspecified atom stereocenters. The maximum atomic E-state index is 12.2. The van der Waals surface area contributed by atoms with Crippen molar-refractivity contribution >= 4 is 49.6 Å². The molecule has 1 N–H and O–H groups in total. The van der Waals surface area contributed by atoms with Crippen molar-refractivity contribution < 1.29 is 4.79 Å². The van der Waals surface area contributed by atoms with Crippen LogP contribution in [0.25, 0.3) is 22.4 Å². The standard InChI is InChI=1S/C20H13BrN2OS2/c21-18-11-10-17(26-18)19(24)23-20-22-16(12-25-20)15-8-6-14(7-9-15)13-4-2-1-3-5-13/h1-12H,(H,22,23,24). The summed E-state index contributed by atoms with van der Waals surface area (Å²) in [7, 11) is 0. The Balaban J connectivity index is 1.50. The molecule has 4 aromatic rings. The van der Waals surface area contributed by atoms with Gasteiger partial charge in [0.05, 0.1) is 14.4 Å². The molecule has 4 rings (SSSR count). The number of hydrogen-bond acceptors (Lipinski definition) is 4. The highest BCUT2D eigenvalue weighted by Gasteiger charge is 2.12. The summed E-state index contributed by atoms with van der Waals surface area (Å²) in [6, 6.07) is 22.2. The molecular weight excluding hydrogens is 428 g/mol. The highest BCUT2D eigenvalue weighted by atomic mass is 79.9. The minimum Gasteiger partial charge on any atom is -0.297 e. The Labute approximate surface area is 167 Å². The number of halogens is 1. The fourth-order valence-electron chi connectivity index (χ4n) is 2.52. The van der Waals surface area contributed by atoms with Crippen molar-refractivity contribution in [2.75, 3.05) is 5.32 Å². The van der Waals surface area contributed by atoms with Gasteiger partial charge in [-0.15, -0.1) is 22.7 Å². The Morgan fingerprint density at radius 3 is 2.27 bits per heavy atom. The molecule has 2 aromatic heterocycles. The molecule has 0 saturated heterocycles. The van der Waals surface area contributed by atoms with Gasteiger partial charge in [-0.25, -0.2) is 4.98 Å². The van der Waals surface area contributed by atoms with E-state index in [-0.39, 0.29) is 5.91 Å². The van der Waals surface area contributed by atoms with Crippen molar-refractivity contribution in [3.8, 4) is 22.4 Å². The second-order valence-corrected chi connectivity index (χ2v) is 8.86. The third kappa shape index (κ3) is 3.77. The van der Waals surface area contributed by atoms with Gasteiger partial charge < -0.3 is 0 Å². The summed E-state index contributed by atoms with van der Waals surface area (Å²) >= 11 is 6.19. The summed E-state index contributed by atoms with van der Waals surface area (Å²) in [4.78, 5) is 17.4. The molecule has 2 aromatic carbocycles. The molecule has 0 aliphatic heterocycles. The Bertz CT molecular complexity index is 1040. The number of benzene rings is 2. The monoisotopic (exact) mass is 440 g/mol. The van der Waals surface area contributed by atoms with E-state index < -0.39 is 0 Å². The summed E-state index contributed by atoms with van der Waals surface area (Å²) in [5, 5.41) is 5.41. The first-order valence-corrected chi connectivity index (χ1v) is 10.4. The molecule has 0 aliphatic carbocycles. The highest BCUT2D eigenvalue weighted by molar-refractivity contribution is 9.11. The van der Waals surface area contributed by atoms with Gasteiger partial charge in [0.25, 0.3) is 5.91 Å². The Hall–Kier alpha value is -2.28. The molecule has 3 nitrogen and oxygen atoms in total. The first-order valence-electron chi connectivity index (χ1n) is 7.87. The minimum absolute atomic E-state index is 0.138. The van der Waals surface area contributed by atoms with Crippen molar-refractivity contribution in [2.24, 2.45) is 0 Å². The fourth-order valence-corrected chi connectivity index (χ4v) is 4.52. The quantitative estimate of drug-likeness (QED) is 0.390. The molecule has 0 fully saturated rings. The van der Waals surface area contributed by atoms with Crippen LogP contribution in [-0.4, -0.2) is 10.9 Å². The first-order chi connectivity index (χ1) is 12.7. The van der Waals surface area contributed by atoms with Crippen molar-refractivity contribution in [3.05, 3.63) is 80.8 Å². The zero-order valence-corrected chi connectivity index (χ0v) is 16.7. The smallest absolute Gasteiger partial charge is 0.267 e. The number of carbonyl (C=O) groups excluding carboxylic acids is 1. The number of nitrogens with zero attached hydrogens (tertiary/aromatic N) is 1. The molecule has 0 radical (unpaired) electrons. The van der Waals surface area contributed by atoms with Crippen LogP contribution in [0.15, 0.2) is 75.9 Å². The van der Waals surface area contributed by atoms with Crippen LogP contribution in [0.5, 0.6) is 0 Å². The van der Waals surface area contributed by atoms with Gasteiger partial charge in [-0.05, 0) is 39.2 Å². The van der Waals surface area contributed by atoms with Crippen LogP contribution in [0, 0.1) is 0 Å². The average Bonchev–Trinajstić information content (AvgIpc) is 3.32. The lowest BCUT2D eigenvalue weighted by Crippen LogP contribution is -2.09. The number of rotatable bonds is 4. The Morgan fingerprint density at radius 2 is 1.58 bits per heavy atom. The number of aromatic nitrogens is 1. The topological polar surface area (TPSA) is 42.0 Å². The van der Waals surface area contributed by atoms with Crippen molar-refractivity contribution in [1.29, 1.82) is 0 Å². The summed E-state index contributed by atoms with van der Waals surface area (Å²) in [6.45, 7) is 0. The van der Waals surface area contributed by atoms with Crippen LogP contribution in [0.2, 0.25) is 0 Å². The van der Waals surface area contributed by atoms with Gasteiger partial charge in [-0.2, -0.15) is 0 Å². The van der Waals surface area contributed by atoms with Crippen molar-refractivity contribution in [1.82, 2.24) is 4.98 Å². The number of amides is 1. The molecule has 128 valence electrons. The second-order valence-electron chi connectivity index (χ2n) is 5.54. The molecule has 0 bridgehead atoms. The average molecular weight is 441 g/mol. The van der Waals surface area contributed by atoms with Gasteiger partial charge >= 0.3 is 0 Å². The lowest BCUT2D eigenvalue weighted by Gasteiger charge is -2.03. The van der Waals surface area contributed by atoms with E-state index in [2.05, 4.69) is 62.6 Å². The SMILES string of the molecule is O=C(Nc1nc(-c2ccc(-c3ccccc3)cc2)cs1)c1ccc(Br)s1. The van der Waals surface area contributed by atoms with Gasteiger partial charge in [-0.1, -0.05) is 54.6 Å². The van der Waals surface area contributed by atoms with E-state index in [1.807, 2.05) is 29.6 Å². The molecular formula is C20H13BrN2OS2. The van der Waals surface area contributed by atoms with Gasteiger partial charge in [-0.3, -0.25) is 10.1 Å². The number of hydrogen-bond donors (Lipinski definition) is 1. The largest absolute Gasteiger partial charge is 0.297 e. The maximum Gasteiger partial charge on any atom is 0.267 e. The van der Waals surface area contributed by atoms with E-state index in [9.17, 15) is 4.79 Å². The predicted molar refractivity (Wildman–Crippen MR) is 113 cm³/mol. The molecule has 2 heterocycles. The zero-order chi connectivity index (χ0) is 17.9. The fraction of sp³-hybridized carbons (Fsp3) is 0. The van der Waals surface area contributed by atoms with Crippen molar-refractivity contribution in [3.63, 3.8) is 0 Å². The van der Waals surface area contributed by atoms with Crippen LogP contribution in [-0.2, 0) is 0 Å². The molecule has 0 spiro atoms. The summed E-state index contributed by atoms with van der Waals surface area (Å²) in [6.07, 6.45) is 0. The van der Waals surface area contributed by atoms with Crippen LogP contribution in [0.1, 0.15) is 9.67 Å². The van der Waals surface area contributed by atoms with E-state index >= 15 is 0 Å². The van der Waals surface area contributed by atoms with Crippen molar-refractivity contribution in [2.45, 2.75) is 0 Å². The van der Waals surface area contributed by atoms with E-state index in [1.165, 1.54) is 33.8 Å². The van der Waals surface area contributed by atoms with Crippen LogP contribution < -0.4 is 5.32 Å². The third-order valence-corrected chi connectivity index (χ3v) is 6.19. The Kier molecular flexibility index (Phi) is 4.97. The van der Waals surface area contributed by atoms with E-state index in [0.29, 0.717) is 10.0 Å². The van der Waals surface area contributed by atoms with Gasteiger partial charge in [0.1, 0.15) is 0 Å². The zero-order valence-electron chi connectivity index (χ0n) is 13.5. The Morgan fingerprint density at radius 1 is 0.885 bits per heavy atom. The number of thiophene rings is 1. The highest BCUT2D eigenvalue weighted by Crippen LogP contribution is 2.28. The van der Waals surface area contributed by atoms with Gasteiger partial charge in [0.2, 0.25) is 0 Å². The third-order valence-electron chi connectivity index (χ3n) is 3.81. The van der Waals surface area contributed by atoms with Crippen LogP contribution in [0.4, 0.5) is 5.13 Å². The van der Waals surface area contributed by atoms with Gasteiger partial charge in [0.15, 0.2) is 5.13 Å². The van der Waals surface area contributed by atoms with E-state index in [4.69, 9.17) is 0 Å². The number of anilines is 1. The summed E-state index contributed by atoms with van der Waals surface area (Å²) in [5.41, 5.74) is 4.24. The number of thiazole rings is 1. The lowest BCUT2D eigenvalue weighted by molar-refractivity contribution is 0.103. The van der Waals surface area contributed by atoms with Gasteiger partial charge in [0, 0.05) is 10.9 Å².